The highest BCUT2D eigenvalue weighted by Crippen LogP contribution is 2.19. The molecule has 0 aliphatic rings. The smallest absolute Gasteiger partial charge is 0.266 e. The van der Waals surface area contributed by atoms with Crippen molar-refractivity contribution in [2.75, 3.05) is 0 Å². The van der Waals surface area contributed by atoms with Crippen LogP contribution >= 0.6 is 0 Å². The van der Waals surface area contributed by atoms with Crippen LogP contribution in [0.4, 0.5) is 0 Å². The maximum atomic E-state index is 11.7. The fraction of sp³-hybridized carbons (Fsp3) is 0.0667. The lowest BCUT2D eigenvalue weighted by Crippen LogP contribution is -2.10. The van der Waals surface area contributed by atoms with Crippen LogP contribution in [0.3, 0.4) is 0 Å². The van der Waals surface area contributed by atoms with E-state index in [9.17, 15) is 4.79 Å². The summed E-state index contributed by atoms with van der Waals surface area (Å²) in [7, 11) is 0. The lowest BCUT2D eigenvalue weighted by Gasteiger charge is -2.03. The number of hydrogen-bond donors (Lipinski definition) is 1. The highest BCUT2D eigenvalue weighted by atomic mass is 16.1. The van der Waals surface area contributed by atoms with E-state index in [1.165, 1.54) is 6.07 Å². The first-order chi connectivity index (χ1) is 10.2. The summed E-state index contributed by atoms with van der Waals surface area (Å²) in [6, 6.07) is 14.6. The molecule has 6 nitrogen and oxygen atoms in total. The van der Waals surface area contributed by atoms with Crippen LogP contribution in [0.15, 0.2) is 47.3 Å². The van der Waals surface area contributed by atoms with Gasteiger partial charge in [-0.15, -0.1) is 5.10 Å². The van der Waals surface area contributed by atoms with Crippen molar-refractivity contribution < 1.29 is 0 Å². The third-order valence-electron chi connectivity index (χ3n) is 3.18. The summed E-state index contributed by atoms with van der Waals surface area (Å²) in [4.78, 5) is 14.4. The number of aromatic amines is 1. The molecule has 102 valence electrons. The van der Waals surface area contributed by atoms with Crippen molar-refractivity contribution in [2.45, 2.75) is 6.92 Å². The minimum atomic E-state index is -0.427. The Hall–Kier alpha value is -3.20. The Labute approximate surface area is 120 Å². The second-order valence-corrected chi connectivity index (χ2v) is 4.50. The van der Waals surface area contributed by atoms with Crippen molar-refractivity contribution in [1.82, 2.24) is 20.0 Å². The highest BCUT2D eigenvalue weighted by molar-refractivity contribution is 5.58. The van der Waals surface area contributed by atoms with Crippen LogP contribution in [0.25, 0.3) is 17.1 Å². The molecule has 3 rings (SSSR count). The summed E-state index contributed by atoms with van der Waals surface area (Å²) >= 11 is 0. The van der Waals surface area contributed by atoms with Crippen LogP contribution in [0.2, 0.25) is 0 Å². The van der Waals surface area contributed by atoms with E-state index in [2.05, 4.69) is 15.3 Å². The number of nitrogens with zero attached hydrogens (tertiary/aromatic N) is 4. The van der Waals surface area contributed by atoms with Gasteiger partial charge >= 0.3 is 0 Å². The number of hydrogen-bond acceptors (Lipinski definition) is 4. The fourth-order valence-corrected chi connectivity index (χ4v) is 2.09. The van der Waals surface area contributed by atoms with Gasteiger partial charge in [-0.05, 0) is 31.2 Å². The molecule has 1 N–H and O–H groups in total. The zero-order valence-electron chi connectivity index (χ0n) is 11.2. The molecule has 0 saturated heterocycles. The van der Waals surface area contributed by atoms with Crippen LogP contribution < -0.4 is 5.56 Å². The number of nitrogens with one attached hydrogen (secondary N) is 1. The van der Waals surface area contributed by atoms with E-state index in [0.717, 1.165) is 11.4 Å². The molecule has 0 fully saturated rings. The molecular formula is C15H11N5O. The molecule has 0 atom stereocenters. The van der Waals surface area contributed by atoms with E-state index in [1.807, 2.05) is 43.3 Å². The SMILES string of the molecule is Cc1c(-c2ccc(C#N)c(=O)[nH]2)nnn1-c1ccccc1. The Morgan fingerprint density at radius 3 is 2.62 bits per heavy atom. The standard InChI is InChI=1S/C15H11N5O/c1-10-14(13-8-7-11(9-16)15(21)17-13)18-19-20(10)12-5-3-2-4-6-12/h2-8H,1H3,(H,17,21). The summed E-state index contributed by atoms with van der Waals surface area (Å²) in [6.45, 7) is 1.87. The van der Waals surface area contributed by atoms with E-state index in [4.69, 9.17) is 5.26 Å². The maximum Gasteiger partial charge on any atom is 0.266 e. The summed E-state index contributed by atoms with van der Waals surface area (Å²) in [5, 5.41) is 17.0. The van der Waals surface area contributed by atoms with Gasteiger partial charge in [0.05, 0.1) is 17.1 Å². The van der Waals surface area contributed by atoms with E-state index >= 15 is 0 Å². The molecule has 21 heavy (non-hydrogen) atoms. The van der Waals surface area contributed by atoms with Gasteiger partial charge < -0.3 is 4.98 Å². The summed E-state index contributed by atoms with van der Waals surface area (Å²) in [5.41, 5.74) is 2.47. The molecule has 0 aliphatic heterocycles. The molecule has 0 spiro atoms. The van der Waals surface area contributed by atoms with Crippen molar-refractivity contribution in [2.24, 2.45) is 0 Å². The molecule has 6 heteroatoms. The van der Waals surface area contributed by atoms with Gasteiger partial charge in [0.15, 0.2) is 0 Å². The van der Waals surface area contributed by atoms with E-state index in [-0.39, 0.29) is 5.56 Å². The summed E-state index contributed by atoms with van der Waals surface area (Å²) in [6.07, 6.45) is 0. The van der Waals surface area contributed by atoms with Crippen molar-refractivity contribution in [3.63, 3.8) is 0 Å². The average molecular weight is 277 g/mol. The minimum Gasteiger partial charge on any atom is -0.319 e. The first-order valence-corrected chi connectivity index (χ1v) is 6.32. The maximum absolute atomic E-state index is 11.7. The zero-order valence-corrected chi connectivity index (χ0v) is 11.2. The minimum absolute atomic E-state index is 0.0758. The Kier molecular flexibility index (Phi) is 3.09. The Bertz CT molecular complexity index is 886. The first kappa shape index (κ1) is 12.8. The number of rotatable bonds is 2. The summed E-state index contributed by atoms with van der Waals surface area (Å²) < 4.78 is 1.70. The molecule has 0 amide bonds. The molecule has 0 aliphatic carbocycles. The average Bonchev–Trinajstić information content (AvgIpc) is 2.90. The molecule has 3 aromatic rings. The first-order valence-electron chi connectivity index (χ1n) is 6.32. The van der Waals surface area contributed by atoms with Crippen LogP contribution in [-0.2, 0) is 0 Å². The highest BCUT2D eigenvalue weighted by Gasteiger charge is 2.13. The van der Waals surface area contributed by atoms with Crippen molar-refractivity contribution in [3.8, 4) is 23.1 Å². The number of H-pyrrole nitrogens is 1. The predicted octanol–water partition coefficient (Wildman–Crippen LogP) is 1.80. The van der Waals surface area contributed by atoms with Crippen LogP contribution in [0.5, 0.6) is 0 Å². The van der Waals surface area contributed by atoms with Gasteiger partial charge in [-0.3, -0.25) is 4.79 Å². The number of pyridine rings is 1. The second kappa shape index (κ2) is 5.06. The van der Waals surface area contributed by atoms with Crippen molar-refractivity contribution >= 4 is 0 Å². The van der Waals surface area contributed by atoms with E-state index < -0.39 is 5.56 Å². The van der Waals surface area contributed by atoms with Gasteiger partial charge in [0.1, 0.15) is 17.3 Å². The van der Waals surface area contributed by atoms with E-state index in [1.54, 1.807) is 10.7 Å². The van der Waals surface area contributed by atoms with Crippen LogP contribution in [0, 0.1) is 18.3 Å². The molecule has 0 bridgehead atoms. The van der Waals surface area contributed by atoms with Gasteiger partial charge in [-0.2, -0.15) is 5.26 Å². The van der Waals surface area contributed by atoms with E-state index in [0.29, 0.717) is 11.4 Å². The van der Waals surface area contributed by atoms with Gasteiger partial charge in [0.2, 0.25) is 0 Å². The van der Waals surface area contributed by atoms with Gasteiger partial charge in [-0.25, -0.2) is 4.68 Å². The summed E-state index contributed by atoms with van der Waals surface area (Å²) in [5.74, 6) is 0. The quantitative estimate of drug-likeness (QED) is 0.773. The molecule has 2 aromatic heterocycles. The van der Waals surface area contributed by atoms with Crippen molar-refractivity contribution in [1.29, 1.82) is 5.26 Å². The number of benzene rings is 1. The molecule has 0 unspecified atom stereocenters. The lowest BCUT2D eigenvalue weighted by atomic mass is 10.2. The topological polar surface area (TPSA) is 87.4 Å². The molecule has 2 heterocycles. The number of aromatic nitrogens is 4. The third kappa shape index (κ3) is 2.21. The molecule has 0 radical (unpaired) electrons. The van der Waals surface area contributed by atoms with Gasteiger partial charge in [0, 0.05) is 0 Å². The Morgan fingerprint density at radius 2 is 1.95 bits per heavy atom. The molecular weight excluding hydrogens is 266 g/mol. The second-order valence-electron chi connectivity index (χ2n) is 4.50. The van der Waals surface area contributed by atoms with Gasteiger partial charge in [0.25, 0.3) is 5.56 Å². The van der Waals surface area contributed by atoms with Crippen LogP contribution in [0.1, 0.15) is 11.3 Å². The van der Waals surface area contributed by atoms with Crippen molar-refractivity contribution in [3.05, 3.63) is 64.1 Å². The molecule has 0 saturated carbocycles. The number of nitriles is 1. The molecule has 1 aromatic carbocycles. The normalized spacial score (nSPS) is 10.3. The fourth-order valence-electron chi connectivity index (χ4n) is 2.09. The van der Waals surface area contributed by atoms with Crippen LogP contribution in [-0.4, -0.2) is 20.0 Å². The lowest BCUT2D eigenvalue weighted by molar-refractivity contribution is 0.785. The largest absolute Gasteiger partial charge is 0.319 e. The Balaban J connectivity index is 2.10. The Morgan fingerprint density at radius 1 is 1.19 bits per heavy atom. The number of para-hydroxylation sites is 1. The zero-order chi connectivity index (χ0) is 14.8. The predicted molar refractivity (Wildman–Crippen MR) is 76.9 cm³/mol. The third-order valence-corrected chi connectivity index (χ3v) is 3.18. The monoisotopic (exact) mass is 277 g/mol. The van der Waals surface area contributed by atoms with Gasteiger partial charge in [-0.1, -0.05) is 23.4 Å².